The standard InChI is InChI=1S/C26H32N4O4/c1-17(2)20-10-8-18(3)14-23(20)33-16-19-9-11-22(34-19)25(31)28-21-15-27-29(4)24(21)26(32)30-12-6-5-7-13-30/h8-11,14-15,17H,5-7,12-13,16H2,1-4H3,(H,28,31). The van der Waals surface area contributed by atoms with Gasteiger partial charge in [-0.1, -0.05) is 26.0 Å². The first-order chi connectivity index (χ1) is 16.3. The van der Waals surface area contributed by atoms with Gasteiger partial charge in [-0.15, -0.1) is 0 Å². The first-order valence-corrected chi connectivity index (χ1v) is 11.8. The molecule has 2 aromatic heterocycles. The van der Waals surface area contributed by atoms with Crippen LogP contribution in [0.4, 0.5) is 5.69 Å². The van der Waals surface area contributed by atoms with E-state index in [1.165, 1.54) is 10.9 Å². The molecule has 0 bridgehead atoms. The molecule has 4 rings (SSSR count). The third kappa shape index (κ3) is 5.16. The minimum absolute atomic E-state index is 0.123. The number of aryl methyl sites for hydroxylation is 2. The molecule has 1 saturated heterocycles. The molecular formula is C26H32N4O4. The second-order valence-electron chi connectivity index (χ2n) is 9.09. The number of anilines is 1. The number of nitrogens with one attached hydrogen (secondary N) is 1. The molecule has 1 N–H and O–H groups in total. The Morgan fingerprint density at radius 1 is 1.15 bits per heavy atom. The highest BCUT2D eigenvalue weighted by Crippen LogP contribution is 2.28. The van der Waals surface area contributed by atoms with Crippen molar-refractivity contribution in [1.29, 1.82) is 0 Å². The van der Waals surface area contributed by atoms with Crippen LogP contribution in [0.15, 0.2) is 40.9 Å². The van der Waals surface area contributed by atoms with Gasteiger partial charge < -0.3 is 19.4 Å². The van der Waals surface area contributed by atoms with Gasteiger partial charge in [0, 0.05) is 20.1 Å². The molecule has 0 aliphatic carbocycles. The Balaban J connectivity index is 1.43. The molecule has 1 aromatic carbocycles. The van der Waals surface area contributed by atoms with E-state index < -0.39 is 5.91 Å². The number of benzene rings is 1. The Labute approximate surface area is 199 Å². The predicted octanol–water partition coefficient (Wildman–Crippen LogP) is 4.90. The van der Waals surface area contributed by atoms with Crippen LogP contribution in [0.1, 0.15) is 77.0 Å². The Morgan fingerprint density at radius 3 is 2.65 bits per heavy atom. The quantitative estimate of drug-likeness (QED) is 0.537. The number of amides is 2. The zero-order valence-corrected chi connectivity index (χ0v) is 20.3. The number of aromatic nitrogens is 2. The van der Waals surface area contributed by atoms with Crippen molar-refractivity contribution in [3.63, 3.8) is 0 Å². The number of carbonyl (C=O) groups is 2. The number of piperidine rings is 1. The monoisotopic (exact) mass is 464 g/mol. The molecule has 0 saturated carbocycles. The van der Waals surface area contributed by atoms with Gasteiger partial charge in [0.1, 0.15) is 23.8 Å². The maximum Gasteiger partial charge on any atom is 0.291 e. The molecule has 0 spiro atoms. The molecular weight excluding hydrogens is 432 g/mol. The van der Waals surface area contributed by atoms with E-state index in [-0.39, 0.29) is 18.3 Å². The van der Waals surface area contributed by atoms with Crippen LogP contribution in [0.3, 0.4) is 0 Å². The largest absolute Gasteiger partial charge is 0.485 e. The van der Waals surface area contributed by atoms with E-state index in [1.807, 2.05) is 17.9 Å². The first kappa shape index (κ1) is 23.6. The number of hydrogen-bond acceptors (Lipinski definition) is 5. The number of furan rings is 1. The SMILES string of the molecule is Cc1ccc(C(C)C)c(OCc2ccc(C(=O)Nc3cnn(C)c3C(=O)N3CCCCC3)o2)c1. The summed E-state index contributed by atoms with van der Waals surface area (Å²) in [5.41, 5.74) is 2.98. The lowest BCUT2D eigenvalue weighted by Gasteiger charge is -2.27. The molecule has 0 unspecified atom stereocenters. The van der Waals surface area contributed by atoms with Crippen molar-refractivity contribution in [2.45, 2.75) is 52.6 Å². The maximum atomic E-state index is 13.0. The van der Waals surface area contributed by atoms with Gasteiger partial charge in [-0.25, -0.2) is 0 Å². The summed E-state index contributed by atoms with van der Waals surface area (Å²) in [7, 11) is 1.70. The first-order valence-electron chi connectivity index (χ1n) is 11.8. The molecule has 3 aromatic rings. The number of likely N-dealkylation sites (tertiary alicyclic amines) is 1. The van der Waals surface area contributed by atoms with E-state index in [4.69, 9.17) is 9.15 Å². The molecule has 8 nitrogen and oxygen atoms in total. The Morgan fingerprint density at radius 2 is 1.91 bits per heavy atom. The highest BCUT2D eigenvalue weighted by molar-refractivity contribution is 6.07. The van der Waals surface area contributed by atoms with Crippen LogP contribution >= 0.6 is 0 Å². The molecule has 1 aliphatic heterocycles. The zero-order chi connectivity index (χ0) is 24.2. The molecule has 0 radical (unpaired) electrons. The molecule has 34 heavy (non-hydrogen) atoms. The summed E-state index contributed by atoms with van der Waals surface area (Å²) < 4.78 is 13.2. The fourth-order valence-corrected chi connectivity index (χ4v) is 4.18. The summed E-state index contributed by atoms with van der Waals surface area (Å²) in [6.45, 7) is 7.92. The summed E-state index contributed by atoms with van der Waals surface area (Å²) >= 11 is 0. The summed E-state index contributed by atoms with van der Waals surface area (Å²) in [5.74, 6) is 1.26. The van der Waals surface area contributed by atoms with Crippen molar-refractivity contribution in [1.82, 2.24) is 14.7 Å². The third-order valence-electron chi connectivity index (χ3n) is 6.08. The zero-order valence-electron chi connectivity index (χ0n) is 20.3. The minimum Gasteiger partial charge on any atom is -0.485 e. The molecule has 2 amide bonds. The van der Waals surface area contributed by atoms with Gasteiger partial charge in [0.2, 0.25) is 0 Å². The summed E-state index contributed by atoms with van der Waals surface area (Å²) in [5, 5.41) is 6.96. The lowest BCUT2D eigenvalue weighted by Crippen LogP contribution is -2.37. The Hall–Kier alpha value is -3.55. The number of carbonyl (C=O) groups excluding carboxylic acids is 2. The van der Waals surface area contributed by atoms with Crippen molar-refractivity contribution in [3.8, 4) is 5.75 Å². The van der Waals surface area contributed by atoms with E-state index in [1.54, 1.807) is 19.2 Å². The van der Waals surface area contributed by atoms with Gasteiger partial charge in [-0.3, -0.25) is 14.3 Å². The van der Waals surface area contributed by atoms with Crippen molar-refractivity contribution < 1.29 is 18.7 Å². The van der Waals surface area contributed by atoms with Crippen molar-refractivity contribution >= 4 is 17.5 Å². The maximum absolute atomic E-state index is 13.0. The molecule has 1 aliphatic rings. The minimum atomic E-state index is -0.439. The Bertz CT molecular complexity index is 1170. The van der Waals surface area contributed by atoms with E-state index in [2.05, 4.69) is 36.4 Å². The normalized spacial score (nSPS) is 13.9. The summed E-state index contributed by atoms with van der Waals surface area (Å²) in [4.78, 5) is 27.7. The van der Waals surface area contributed by atoms with Gasteiger partial charge in [0.05, 0.1) is 11.9 Å². The average Bonchev–Trinajstić information content (AvgIpc) is 3.44. The second-order valence-corrected chi connectivity index (χ2v) is 9.09. The van der Waals surface area contributed by atoms with Gasteiger partial charge in [-0.2, -0.15) is 5.10 Å². The highest BCUT2D eigenvalue weighted by atomic mass is 16.5. The topological polar surface area (TPSA) is 89.6 Å². The summed E-state index contributed by atoms with van der Waals surface area (Å²) in [6.07, 6.45) is 4.60. The van der Waals surface area contributed by atoms with Crippen LogP contribution in [-0.2, 0) is 13.7 Å². The van der Waals surface area contributed by atoms with E-state index in [0.29, 0.717) is 23.1 Å². The van der Waals surface area contributed by atoms with Crippen molar-refractivity contribution in [2.24, 2.45) is 7.05 Å². The van der Waals surface area contributed by atoms with Crippen LogP contribution in [0, 0.1) is 6.92 Å². The van der Waals surface area contributed by atoms with Crippen LogP contribution in [0.25, 0.3) is 0 Å². The molecule has 180 valence electrons. The van der Waals surface area contributed by atoms with Crippen molar-refractivity contribution in [2.75, 3.05) is 18.4 Å². The van der Waals surface area contributed by atoms with E-state index >= 15 is 0 Å². The number of rotatable bonds is 7. The molecule has 8 heteroatoms. The van der Waals surface area contributed by atoms with Gasteiger partial charge in [-0.05, 0) is 61.4 Å². The van der Waals surface area contributed by atoms with Crippen LogP contribution in [-0.4, -0.2) is 39.6 Å². The van der Waals surface area contributed by atoms with Gasteiger partial charge in [0.25, 0.3) is 11.8 Å². The molecule has 0 atom stereocenters. The molecule has 1 fully saturated rings. The summed E-state index contributed by atoms with van der Waals surface area (Å²) in [6, 6.07) is 9.49. The van der Waals surface area contributed by atoms with Gasteiger partial charge >= 0.3 is 0 Å². The van der Waals surface area contributed by atoms with Crippen LogP contribution in [0.2, 0.25) is 0 Å². The van der Waals surface area contributed by atoms with Crippen LogP contribution < -0.4 is 10.1 Å². The van der Waals surface area contributed by atoms with E-state index in [0.717, 1.165) is 49.2 Å². The number of nitrogens with zero attached hydrogens (tertiary/aromatic N) is 3. The lowest BCUT2D eigenvalue weighted by molar-refractivity contribution is 0.0714. The number of ether oxygens (including phenoxy) is 1. The van der Waals surface area contributed by atoms with Crippen LogP contribution in [0.5, 0.6) is 5.75 Å². The average molecular weight is 465 g/mol. The predicted molar refractivity (Wildman–Crippen MR) is 129 cm³/mol. The fourth-order valence-electron chi connectivity index (χ4n) is 4.18. The number of hydrogen-bond donors (Lipinski definition) is 1. The smallest absolute Gasteiger partial charge is 0.291 e. The molecule has 3 heterocycles. The second kappa shape index (κ2) is 10.2. The van der Waals surface area contributed by atoms with E-state index in [9.17, 15) is 9.59 Å². The third-order valence-corrected chi connectivity index (χ3v) is 6.08. The highest BCUT2D eigenvalue weighted by Gasteiger charge is 2.26. The lowest BCUT2D eigenvalue weighted by atomic mass is 10.0. The van der Waals surface area contributed by atoms with Crippen molar-refractivity contribution in [3.05, 3.63) is 64.9 Å². The Kier molecular flexibility index (Phi) is 7.05. The fraction of sp³-hybridized carbons (Fsp3) is 0.423. The van der Waals surface area contributed by atoms with Gasteiger partial charge in [0.15, 0.2) is 5.76 Å².